The Bertz CT molecular complexity index is 682. The molecular weight excluding hydrogens is 295 g/mol. The third-order valence-electron chi connectivity index (χ3n) is 4.08. The first-order chi connectivity index (χ1) is 11.2. The summed E-state index contributed by atoms with van der Waals surface area (Å²) in [6.45, 7) is 2.43. The van der Waals surface area contributed by atoms with Gasteiger partial charge < -0.3 is 10.1 Å². The van der Waals surface area contributed by atoms with Crippen LogP contribution in [0.3, 0.4) is 0 Å². The van der Waals surface area contributed by atoms with Gasteiger partial charge in [-0.3, -0.25) is 4.79 Å². The van der Waals surface area contributed by atoms with Crippen LogP contribution >= 0.6 is 0 Å². The Morgan fingerprint density at radius 2 is 2.17 bits per heavy atom. The van der Waals surface area contributed by atoms with E-state index in [1.807, 2.05) is 13.0 Å². The van der Waals surface area contributed by atoms with Crippen LogP contribution in [0.15, 0.2) is 42.6 Å². The van der Waals surface area contributed by atoms with Crippen molar-refractivity contribution in [2.24, 2.45) is 0 Å². The Morgan fingerprint density at radius 3 is 2.83 bits per heavy atom. The van der Waals surface area contributed by atoms with Crippen LogP contribution < -0.4 is 10.1 Å². The number of nitrogens with zero attached hydrogens (tertiary/aromatic N) is 1. The Labute approximate surface area is 134 Å². The average Bonchev–Trinajstić information content (AvgIpc) is 2.51. The Hall–Kier alpha value is -2.43. The molecule has 0 aliphatic heterocycles. The van der Waals surface area contributed by atoms with Gasteiger partial charge in [-0.05, 0) is 49.4 Å². The van der Waals surface area contributed by atoms with Gasteiger partial charge in [-0.15, -0.1) is 0 Å². The monoisotopic (exact) mass is 314 g/mol. The normalized spacial score (nSPS) is 19.7. The van der Waals surface area contributed by atoms with E-state index in [4.69, 9.17) is 4.74 Å². The maximum Gasteiger partial charge on any atom is 0.253 e. The molecule has 3 rings (SSSR count). The van der Waals surface area contributed by atoms with Crippen molar-refractivity contribution in [2.75, 3.05) is 6.61 Å². The molecule has 23 heavy (non-hydrogen) atoms. The molecule has 5 heteroatoms. The highest BCUT2D eigenvalue weighted by Gasteiger charge is 2.31. The molecule has 0 bridgehead atoms. The van der Waals surface area contributed by atoms with E-state index in [0.29, 0.717) is 24.0 Å². The molecule has 1 aromatic heterocycles. The number of hydrogen-bond donors (Lipinski definition) is 1. The lowest BCUT2D eigenvalue weighted by Crippen LogP contribution is -2.43. The summed E-state index contributed by atoms with van der Waals surface area (Å²) < 4.78 is 18.5. The van der Waals surface area contributed by atoms with Crippen molar-refractivity contribution in [3.63, 3.8) is 0 Å². The van der Waals surface area contributed by atoms with Crippen molar-refractivity contribution in [3.05, 3.63) is 59.5 Å². The van der Waals surface area contributed by atoms with Gasteiger partial charge in [-0.2, -0.15) is 0 Å². The number of ether oxygens (including phenoxy) is 1. The molecule has 0 spiro atoms. The molecule has 120 valence electrons. The molecular formula is C18H19FN2O2. The topological polar surface area (TPSA) is 51.2 Å². The highest BCUT2D eigenvalue weighted by atomic mass is 19.1. The van der Waals surface area contributed by atoms with Crippen LogP contribution in [-0.2, 0) is 0 Å². The molecule has 1 aromatic carbocycles. The minimum Gasteiger partial charge on any atom is -0.478 e. The molecule has 1 saturated carbocycles. The summed E-state index contributed by atoms with van der Waals surface area (Å²) in [6, 6.07) is 10.2. The van der Waals surface area contributed by atoms with Gasteiger partial charge >= 0.3 is 0 Å². The van der Waals surface area contributed by atoms with Gasteiger partial charge in [0.1, 0.15) is 5.82 Å². The molecule has 0 atom stereocenters. The van der Waals surface area contributed by atoms with Crippen molar-refractivity contribution in [1.29, 1.82) is 0 Å². The zero-order valence-electron chi connectivity index (χ0n) is 13.0. The summed E-state index contributed by atoms with van der Waals surface area (Å²) in [4.78, 5) is 16.3. The van der Waals surface area contributed by atoms with Crippen LogP contribution in [0.2, 0.25) is 0 Å². The van der Waals surface area contributed by atoms with E-state index in [0.717, 1.165) is 18.4 Å². The second kappa shape index (κ2) is 6.77. The van der Waals surface area contributed by atoms with Gasteiger partial charge in [0.15, 0.2) is 0 Å². The molecule has 0 radical (unpaired) electrons. The second-order valence-corrected chi connectivity index (χ2v) is 5.71. The number of halogens is 1. The van der Waals surface area contributed by atoms with E-state index in [1.165, 1.54) is 12.3 Å². The van der Waals surface area contributed by atoms with Crippen molar-refractivity contribution < 1.29 is 13.9 Å². The fourth-order valence-corrected chi connectivity index (χ4v) is 2.78. The average molecular weight is 314 g/mol. The summed E-state index contributed by atoms with van der Waals surface area (Å²) in [5.74, 6) is 0.479. The number of rotatable bonds is 5. The number of carbonyl (C=O) groups is 1. The summed E-state index contributed by atoms with van der Waals surface area (Å²) in [6.07, 6.45) is 3.18. The zero-order chi connectivity index (χ0) is 16.2. The lowest BCUT2D eigenvalue weighted by Gasteiger charge is -2.36. The van der Waals surface area contributed by atoms with E-state index in [1.54, 1.807) is 24.3 Å². The highest BCUT2D eigenvalue weighted by Crippen LogP contribution is 2.37. The molecule has 1 fully saturated rings. The van der Waals surface area contributed by atoms with Crippen molar-refractivity contribution in [2.45, 2.75) is 31.7 Å². The van der Waals surface area contributed by atoms with E-state index >= 15 is 0 Å². The maximum atomic E-state index is 13.2. The number of nitrogens with one attached hydrogen (secondary N) is 1. The molecule has 1 heterocycles. The molecule has 1 aliphatic carbocycles. The fourth-order valence-electron chi connectivity index (χ4n) is 2.78. The van der Waals surface area contributed by atoms with E-state index in [2.05, 4.69) is 10.3 Å². The quantitative estimate of drug-likeness (QED) is 0.921. The molecule has 1 N–H and O–H groups in total. The van der Waals surface area contributed by atoms with Gasteiger partial charge in [0.25, 0.3) is 5.91 Å². The van der Waals surface area contributed by atoms with Crippen molar-refractivity contribution in [3.8, 4) is 5.88 Å². The van der Waals surface area contributed by atoms with Crippen LogP contribution in [0.1, 0.15) is 41.6 Å². The predicted octanol–water partition coefficient (Wildman–Crippen LogP) is 3.30. The molecule has 2 aromatic rings. The number of pyridine rings is 1. The largest absolute Gasteiger partial charge is 0.478 e. The van der Waals surface area contributed by atoms with Gasteiger partial charge in [0, 0.05) is 18.3 Å². The zero-order valence-corrected chi connectivity index (χ0v) is 13.0. The second-order valence-electron chi connectivity index (χ2n) is 5.71. The summed E-state index contributed by atoms with van der Waals surface area (Å²) in [7, 11) is 0. The van der Waals surface area contributed by atoms with Gasteiger partial charge in [0.05, 0.1) is 12.2 Å². The molecule has 1 amide bonds. The number of carbonyl (C=O) groups excluding carboxylic acids is 1. The fraction of sp³-hybridized carbons (Fsp3) is 0.333. The summed E-state index contributed by atoms with van der Waals surface area (Å²) in [5, 5.41) is 2.98. The standard InChI is InChI=1S/C18H19FN2O2/c1-2-23-17-7-6-13(11-20-17)18(22)21-16-9-14(10-16)12-4-3-5-15(19)8-12/h3-8,11,14,16H,2,9-10H2,1H3,(H,21,22). The number of benzene rings is 1. The van der Waals surface area contributed by atoms with Crippen molar-refractivity contribution >= 4 is 5.91 Å². The van der Waals surface area contributed by atoms with E-state index in [9.17, 15) is 9.18 Å². The summed E-state index contributed by atoms with van der Waals surface area (Å²) in [5.41, 5.74) is 1.51. The van der Waals surface area contributed by atoms with Crippen molar-refractivity contribution in [1.82, 2.24) is 10.3 Å². The molecule has 1 aliphatic rings. The van der Waals surface area contributed by atoms with Crippen LogP contribution in [0.4, 0.5) is 4.39 Å². The van der Waals surface area contributed by atoms with E-state index in [-0.39, 0.29) is 17.8 Å². The van der Waals surface area contributed by atoms with E-state index < -0.39 is 0 Å². The first kappa shape index (κ1) is 15.5. The first-order valence-electron chi connectivity index (χ1n) is 7.81. The lowest BCUT2D eigenvalue weighted by atomic mass is 9.76. The maximum absolute atomic E-state index is 13.2. The van der Waals surface area contributed by atoms with Crippen LogP contribution in [0.5, 0.6) is 5.88 Å². The van der Waals surface area contributed by atoms with Gasteiger partial charge in [-0.25, -0.2) is 9.37 Å². The van der Waals surface area contributed by atoms with Crippen LogP contribution in [-0.4, -0.2) is 23.5 Å². The molecule has 0 unspecified atom stereocenters. The smallest absolute Gasteiger partial charge is 0.253 e. The Balaban J connectivity index is 1.52. The van der Waals surface area contributed by atoms with Gasteiger partial charge in [-0.1, -0.05) is 12.1 Å². The molecule has 4 nitrogen and oxygen atoms in total. The number of aromatic nitrogens is 1. The summed E-state index contributed by atoms with van der Waals surface area (Å²) >= 11 is 0. The number of amides is 1. The lowest BCUT2D eigenvalue weighted by molar-refractivity contribution is 0.0908. The number of hydrogen-bond acceptors (Lipinski definition) is 3. The Morgan fingerprint density at radius 1 is 1.35 bits per heavy atom. The van der Waals surface area contributed by atoms with Crippen LogP contribution in [0.25, 0.3) is 0 Å². The predicted molar refractivity (Wildman–Crippen MR) is 85.0 cm³/mol. The van der Waals surface area contributed by atoms with Gasteiger partial charge in [0.2, 0.25) is 5.88 Å². The highest BCUT2D eigenvalue weighted by molar-refractivity contribution is 5.94. The molecule has 0 saturated heterocycles. The third kappa shape index (κ3) is 3.67. The third-order valence-corrected chi connectivity index (χ3v) is 4.08. The minimum atomic E-state index is -0.213. The minimum absolute atomic E-state index is 0.127. The Kier molecular flexibility index (Phi) is 4.55. The SMILES string of the molecule is CCOc1ccc(C(=O)NC2CC(c3cccc(F)c3)C2)cn1. The first-order valence-corrected chi connectivity index (χ1v) is 7.81. The van der Waals surface area contributed by atoms with Crippen LogP contribution in [0, 0.1) is 5.82 Å².